The van der Waals surface area contributed by atoms with Crippen molar-refractivity contribution in [3.8, 4) is 0 Å². The van der Waals surface area contributed by atoms with Crippen molar-refractivity contribution in [3.63, 3.8) is 0 Å². The van der Waals surface area contributed by atoms with Gasteiger partial charge in [0.1, 0.15) is 5.82 Å². The highest BCUT2D eigenvalue weighted by molar-refractivity contribution is 6.33. The summed E-state index contributed by atoms with van der Waals surface area (Å²) >= 11 is 12.3. The Labute approximate surface area is 104 Å². The molecule has 0 spiro atoms. The van der Waals surface area contributed by atoms with Gasteiger partial charge in [-0.3, -0.25) is 0 Å². The van der Waals surface area contributed by atoms with Crippen molar-refractivity contribution in [2.75, 3.05) is 0 Å². The van der Waals surface area contributed by atoms with Crippen LogP contribution >= 0.6 is 23.2 Å². The van der Waals surface area contributed by atoms with E-state index in [-0.39, 0.29) is 11.2 Å². The first-order valence-electron chi connectivity index (χ1n) is 4.82. The van der Waals surface area contributed by atoms with Crippen LogP contribution in [0, 0.1) is 5.82 Å². The Morgan fingerprint density at radius 2 is 1.56 bits per heavy atom. The quantitative estimate of drug-likeness (QED) is 0.675. The minimum absolute atomic E-state index is 0.272. The molecule has 0 saturated carbocycles. The van der Waals surface area contributed by atoms with E-state index in [1.165, 1.54) is 12.1 Å². The molecule has 0 fully saturated rings. The minimum atomic E-state index is -0.353. The van der Waals surface area contributed by atoms with E-state index in [2.05, 4.69) is 0 Å². The first kappa shape index (κ1) is 11.4. The van der Waals surface area contributed by atoms with Crippen LogP contribution in [0.15, 0.2) is 48.5 Å². The van der Waals surface area contributed by atoms with Gasteiger partial charge in [-0.15, -0.1) is 11.6 Å². The number of hydrogen-bond acceptors (Lipinski definition) is 0. The Morgan fingerprint density at radius 1 is 0.938 bits per heavy atom. The minimum Gasteiger partial charge on any atom is -0.207 e. The largest absolute Gasteiger partial charge is 0.207 e. The molecule has 1 atom stereocenters. The summed E-state index contributed by atoms with van der Waals surface area (Å²) in [5.74, 6) is -0.272. The van der Waals surface area contributed by atoms with Gasteiger partial charge in [0.2, 0.25) is 0 Å². The van der Waals surface area contributed by atoms with Crippen molar-refractivity contribution in [2.45, 2.75) is 5.38 Å². The molecule has 0 radical (unpaired) electrons. The van der Waals surface area contributed by atoms with Crippen LogP contribution in [0.2, 0.25) is 5.02 Å². The van der Waals surface area contributed by atoms with Crippen molar-refractivity contribution in [1.82, 2.24) is 0 Å². The van der Waals surface area contributed by atoms with Gasteiger partial charge in [-0.1, -0.05) is 41.9 Å². The molecule has 2 aromatic rings. The zero-order valence-electron chi connectivity index (χ0n) is 8.33. The number of benzene rings is 2. The second kappa shape index (κ2) is 4.86. The SMILES string of the molecule is Fc1ccc(C(Cl)c2ccccc2Cl)cc1. The number of alkyl halides is 1. The molecule has 0 amide bonds. The van der Waals surface area contributed by atoms with Crippen LogP contribution in [-0.4, -0.2) is 0 Å². The molecule has 0 aliphatic carbocycles. The van der Waals surface area contributed by atoms with E-state index >= 15 is 0 Å². The smallest absolute Gasteiger partial charge is 0.123 e. The molecule has 2 rings (SSSR count). The van der Waals surface area contributed by atoms with Crippen molar-refractivity contribution in [3.05, 3.63) is 70.5 Å². The molecule has 3 heteroatoms. The highest BCUT2D eigenvalue weighted by Gasteiger charge is 2.13. The zero-order valence-corrected chi connectivity index (χ0v) is 9.84. The molecule has 0 bridgehead atoms. The lowest BCUT2D eigenvalue weighted by Crippen LogP contribution is -1.94. The van der Waals surface area contributed by atoms with Crippen molar-refractivity contribution >= 4 is 23.2 Å². The van der Waals surface area contributed by atoms with Gasteiger partial charge >= 0.3 is 0 Å². The Hall–Kier alpha value is -1.05. The average Bonchev–Trinajstić information content (AvgIpc) is 2.30. The second-order valence-electron chi connectivity index (χ2n) is 3.44. The van der Waals surface area contributed by atoms with Gasteiger partial charge < -0.3 is 0 Å². The molecule has 0 nitrogen and oxygen atoms in total. The van der Waals surface area contributed by atoms with Crippen LogP contribution in [0.1, 0.15) is 16.5 Å². The van der Waals surface area contributed by atoms with Crippen LogP contribution < -0.4 is 0 Å². The predicted octanol–water partition coefficient (Wildman–Crippen LogP) is 4.81. The van der Waals surface area contributed by atoms with Gasteiger partial charge in [-0.25, -0.2) is 4.39 Å². The maximum Gasteiger partial charge on any atom is 0.123 e. The molecule has 0 heterocycles. The van der Waals surface area contributed by atoms with E-state index in [1.54, 1.807) is 18.2 Å². The molecule has 0 N–H and O–H groups in total. The van der Waals surface area contributed by atoms with Gasteiger partial charge in [0.25, 0.3) is 0 Å². The number of rotatable bonds is 2. The summed E-state index contributed by atoms with van der Waals surface area (Å²) in [6.45, 7) is 0. The van der Waals surface area contributed by atoms with Gasteiger partial charge in [0, 0.05) is 5.02 Å². The molecule has 1 unspecified atom stereocenters. The van der Waals surface area contributed by atoms with Crippen LogP contribution in [0.3, 0.4) is 0 Å². The molecular weight excluding hydrogens is 246 g/mol. The molecule has 0 aliphatic rings. The number of hydrogen-bond donors (Lipinski definition) is 0. The maximum atomic E-state index is 12.8. The lowest BCUT2D eigenvalue weighted by atomic mass is 10.0. The fourth-order valence-electron chi connectivity index (χ4n) is 1.49. The van der Waals surface area contributed by atoms with Gasteiger partial charge in [-0.05, 0) is 29.3 Å². The van der Waals surface area contributed by atoms with E-state index in [9.17, 15) is 4.39 Å². The first-order valence-corrected chi connectivity index (χ1v) is 5.64. The summed E-state index contributed by atoms with van der Waals surface area (Å²) in [5, 5.41) is 0.265. The number of halogens is 3. The molecule has 2 aromatic carbocycles. The third-order valence-corrected chi connectivity index (χ3v) is 3.17. The second-order valence-corrected chi connectivity index (χ2v) is 4.28. The van der Waals surface area contributed by atoms with Crippen LogP contribution in [0.5, 0.6) is 0 Å². The highest BCUT2D eigenvalue weighted by atomic mass is 35.5. The molecule has 0 aromatic heterocycles. The lowest BCUT2D eigenvalue weighted by Gasteiger charge is -2.11. The van der Waals surface area contributed by atoms with Crippen molar-refractivity contribution < 1.29 is 4.39 Å². The Balaban J connectivity index is 2.35. The van der Waals surface area contributed by atoms with Crippen LogP contribution in [0.4, 0.5) is 4.39 Å². The van der Waals surface area contributed by atoms with E-state index in [0.29, 0.717) is 5.02 Å². The van der Waals surface area contributed by atoms with Crippen LogP contribution in [-0.2, 0) is 0 Å². The molecule has 16 heavy (non-hydrogen) atoms. The molecule has 0 saturated heterocycles. The monoisotopic (exact) mass is 254 g/mol. The summed E-state index contributed by atoms with van der Waals surface area (Å²) < 4.78 is 12.8. The molecular formula is C13H9Cl2F. The van der Waals surface area contributed by atoms with E-state index < -0.39 is 0 Å². The normalized spacial score (nSPS) is 12.4. The standard InChI is InChI=1S/C13H9Cl2F/c14-12-4-2-1-3-11(12)13(15)9-5-7-10(16)8-6-9/h1-8,13H. The van der Waals surface area contributed by atoms with Gasteiger partial charge in [0.05, 0.1) is 5.38 Å². The summed E-state index contributed by atoms with van der Waals surface area (Å²) in [4.78, 5) is 0. The fraction of sp³-hybridized carbons (Fsp3) is 0.0769. The predicted molar refractivity (Wildman–Crippen MR) is 65.5 cm³/mol. The lowest BCUT2D eigenvalue weighted by molar-refractivity contribution is 0.627. The average molecular weight is 255 g/mol. The summed E-state index contributed by atoms with van der Waals surface area (Å²) in [6, 6.07) is 13.5. The van der Waals surface area contributed by atoms with Crippen LogP contribution in [0.25, 0.3) is 0 Å². The molecule has 82 valence electrons. The third kappa shape index (κ3) is 2.37. The van der Waals surface area contributed by atoms with Crippen molar-refractivity contribution in [1.29, 1.82) is 0 Å². The topological polar surface area (TPSA) is 0 Å². The van der Waals surface area contributed by atoms with E-state index in [0.717, 1.165) is 11.1 Å². The maximum absolute atomic E-state index is 12.8. The molecule has 0 aliphatic heterocycles. The van der Waals surface area contributed by atoms with Gasteiger partial charge in [-0.2, -0.15) is 0 Å². The summed E-state index contributed by atoms with van der Waals surface area (Å²) in [7, 11) is 0. The van der Waals surface area contributed by atoms with E-state index in [1.807, 2.05) is 18.2 Å². The Bertz CT molecular complexity index is 480. The first-order chi connectivity index (χ1) is 7.68. The Morgan fingerprint density at radius 3 is 2.19 bits per heavy atom. The third-order valence-electron chi connectivity index (χ3n) is 2.34. The van der Waals surface area contributed by atoms with Gasteiger partial charge in [0.15, 0.2) is 0 Å². The summed E-state index contributed by atoms with van der Waals surface area (Å²) in [5.41, 5.74) is 1.66. The van der Waals surface area contributed by atoms with Crippen molar-refractivity contribution in [2.24, 2.45) is 0 Å². The van der Waals surface area contributed by atoms with E-state index in [4.69, 9.17) is 23.2 Å². The summed E-state index contributed by atoms with van der Waals surface area (Å²) in [6.07, 6.45) is 0. The zero-order chi connectivity index (χ0) is 11.5. The Kier molecular flexibility index (Phi) is 3.47. The fourth-order valence-corrected chi connectivity index (χ4v) is 2.13. The highest BCUT2D eigenvalue weighted by Crippen LogP contribution is 2.33.